The summed E-state index contributed by atoms with van der Waals surface area (Å²) in [6.45, 7) is 5.45. The average molecular weight is 347 g/mol. The minimum Gasteiger partial charge on any atom is -0.444 e. The van der Waals surface area contributed by atoms with E-state index in [1.807, 2.05) is 20.8 Å². The first-order valence-corrected chi connectivity index (χ1v) is 8.43. The van der Waals surface area contributed by atoms with Crippen molar-refractivity contribution in [3.8, 4) is 6.07 Å². The molecule has 0 saturated carbocycles. The highest BCUT2D eigenvalue weighted by Gasteiger charge is 2.51. The van der Waals surface area contributed by atoms with Gasteiger partial charge >= 0.3 is 6.09 Å². The van der Waals surface area contributed by atoms with Crippen LogP contribution in [0.2, 0.25) is 0 Å². The molecule has 7 heteroatoms. The molecule has 6 nitrogen and oxygen atoms in total. The molecule has 1 amide bonds. The maximum Gasteiger partial charge on any atom is 0.410 e. The van der Waals surface area contributed by atoms with Gasteiger partial charge in [-0.2, -0.15) is 5.26 Å². The number of aliphatic hydroxyl groups is 1. The van der Waals surface area contributed by atoms with E-state index in [2.05, 4.69) is 4.98 Å². The van der Waals surface area contributed by atoms with Crippen LogP contribution in [0, 0.1) is 17.1 Å². The molecule has 0 aromatic carbocycles. The maximum absolute atomic E-state index is 13.9. The zero-order chi connectivity index (χ0) is 18.4. The molecule has 2 aliphatic heterocycles. The van der Waals surface area contributed by atoms with Gasteiger partial charge in [0.2, 0.25) is 0 Å². The number of aromatic nitrogens is 1. The fourth-order valence-electron chi connectivity index (χ4n) is 3.85. The fourth-order valence-corrected chi connectivity index (χ4v) is 3.85. The van der Waals surface area contributed by atoms with E-state index in [0.717, 1.165) is 12.8 Å². The average Bonchev–Trinajstić information content (AvgIpc) is 2.78. The molecule has 2 unspecified atom stereocenters. The zero-order valence-electron chi connectivity index (χ0n) is 14.6. The van der Waals surface area contributed by atoms with Gasteiger partial charge in [0.05, 0.1) is 5.60 Å². The Kier molecular flexibility index (Phi) is 4.20. The molecule has 0 radical (unpaired) electrons. The van der Waals surface area contributed by atoms with Crippen molar-refractivity contribution in [3.05, 3.63) is 29.3 Å². The number of piperidine rings is 1. The van der Waals surface area contributed by atoms with Gasteiger partial charge in [-0.15, -0.1) is 0 Å². The molecule has 1 aromatic heterocycles. The summed E-state index contributed by atoms with van der Waals surface area (Å²) in [6, 6.07) is 2.54. The lowest BCUT2D eigenvalue weighted by atomic mass is 9.81. The number of carbonyl (C=O) groups excluding carboxylic acids is 1. The number of rotatable bonds is 1. The van der Waals surface area contributed by atoms with Gasteiger partial charge in [0.25, 0.3) is 0 Å². The first-order chi connectivity index (χ1) is 11.6. The molecule has 25 heavy (non-hydrogen) atoms. The molecule has 2 atom stereocenters. The highest BCUT2D eigenvalue weighted by atomic mass is 19.1. The molecule has 1 aromatic rings. The summed E-state index contributed by atoms with van der Waals surface area (Å²) in [5.41, 5.74) is -1.78. The number of hydrogen-bond acceptors (Lipinski definition) is 5. The van der Waals surface area contributed by atoms with Gasteiger partial charge in [0, 0.05) is 36.7 Å². The van der Waals surface area contributed by atoms with Crippen molar-refractivity contribution in [2.75, 3.05) is 0 Å². The van der Waals surface area contributed by atoms with Crippen molar-refractivity contribution >= 4 is 6.09 Å². The first-order valence-electron chi connectivity index (χ1n) is 8.43. The number of halogens is 1. The molecule has 2 fully saturated rings. The van der Waals surface area contributed by atoms with Crippen molar-refractivity contribution in [2.45, 2.75) is 69.7 Å². The Morgan fingerprint density at radius 1 is 1.44 bits per heavy atom. The monoisotopic (exact) mass is 347 g/mol. The molecular weight excluding hydrogens is 325 g/mol. The van der Waals surface area contributed by atoms with E-state index in [-0.39, 0.29) is 23.9 Å². The summed E-state index contributed by atoms with van der Waals surface area (Å²) in [4.78, 5) is 18.0. The molecular formula is C18H22FN3O3. The third-order valence-electron chi connectivity index (χ3n) is 4.86. The van der Waals surface area contributed by atoms with Crippen LogP contribution in [0.25, 0.3) is 0 Å². The minimum atomic E-state index is -1.26. The molecule has 3 heterocycles. The Bertz CT molecular complexity index is 724. The summed E-state index contributed by atoms with van der Waals surface area (Å²) < 4.78 is 19.4. The van der Waals surface area contributed by atoms with Crippen molar-refractivity contribution in [2.24, 2.45) is 0 Å². The van der Waals surface area contributed by atoms with Gasteiger partial charge in [0.1, 0.15) is 11.7 Å². The molecule has 2 saturated heterocycles. The van der Waals surface area contributed by atoms with Crippen LogP contribution < -0.4 is 0 Å². The number of carbonyl (C=O) groups is 1. The second-order valence-electron chi connectivity index (χ2n) is 7.88. The minimum absolute atomic E-state index is 0.155. The molecule has 134 valence electrons. The van der Waals surface area contributed by atoms with Crippen LogP contribution in [0.4, 0.5) is 9.18 Å². The number of pyridine rings is 1. The predicted octanol–water partition coefficient (Wildman–Crippen LogP) is 2.84. The standard InChI is InChI=1S/C18H22FN3O3/c1-17(2,3)25-16(23)22-12-4-5-13(22)8-18(24,7-12)11-6-14(19)15(9-20)21-10-11/h6,10,12-13,24H,4-5,7-8H2,1-3H3. The van der Waals surface area contributed by atoms with E-state index in [1.54, 1.807) is 11.0 Å². The lowest BCUT2D eigenvalue weighted by Crippen LogP contribution is -2.53. The highest BCUT2D eigenvalue weighted by Crippen LogP contribution is 2.46. The summed E-state index contributed by atoms with van der Waals surface area (Å²) in [6.07, 6.45) is 3.14. The summed E-state index contributed by atoms with van der Waals surface area (Å²) >= 11 is 0. The largest absolute Gasteiger partial charge is 0.444 e. The van der Waals surface area contributed by atoms with Crippen LogP contribution in [0.5, 0.6) is 0 Å². The van der Waals surface area contributed by atoms with Crippen LogP contribution in [0.3, 0.4) is 0 Å². The quantitative estimate of drug-likeness (QED) is 0.844. The van der Waals surface area contributed by atoms with Gasteiger partial charge in [-0.3, -0.25) is 0 Å². The predicted molar refractivity (Wildman–Crippen MR) is 86.9 cm³/mol. The zero-order valence-corrected chi connectivity index (χ0v) is 14.6. The summed E-state index contributed by atoms with van der Waals surface area (Å²) in [5.74, 6) is -0.740. The number of hydrogen-bond donors (Lipinski definition) is 1. The van der Waals surface area contributed by atoms with E-state index < -0.39 is 17.0 Å². The Balaban J connectivity index is 1.82. The van der Waals surface area contributed by atoms with E-state index in [4.69, 9.17) is 10.00 Å². The number of nitriles is 1. The Labute approximate surface area is 146 Å². The van der Waals surface area contributed by atoms with E-state index in [1.165, 1.54) is 12.3 Å². The van der Waals surface area contributed by atoms with Gasteiger partial charge < -0.3 is 14.7 Å². The van der Waals surface area contributed by atoms with Crippen LogP contribution >= 0.6 is 0 Å². The number of nitrogens with zero attached hydrogens (tertiary/aromatic N) is 3. The van der Waals surface area contributed by atoms with Crippen molar-refractivity contribution in [1.82, 2.24) is 9.88 Å². The lowest BCUT2D eigenvalue weighted by Gasteiger charge is -2.44. The molecule has 3 rings (SSSR count). The SMILES string of the molecule is CC(C)(C)OC(=O)N1C2CCC1CC(O)(c1cnc(C#N)c(F)c1)C2. The van der Waals surface area contributed by atoms with Crippen molar-refractivity contribution < 1.29 is 19.0 Å². The van der Waals surface area contributed by atoms with Crippen molar-refractivity contribution in [1.29, 1.82) is 5.26 Å². The molecule has 2 aliphatic rings. The number of fused-ring (bicyclic) bond motifs is 2. The lowest BCUT2D eigenvalue weighted by molar-refractivity contribution is -0.0627. The van der Waals surface area contributed by atoms with Gasteiger partial charge in [-0.05, 0) is 39.7 Å². The van der Waals surface area contributed by atoms with Crippen LogP contribution in [0.1, 0.15) is 57.7 Å². The number of amides is 1. The second kappa shape index (κ2) is 5.95. The summed E-state index contributed by atoms with van der Waals surface area (Å²) in [5, 5.41) is 19.9. The summed E-state index contributed by atoms with van der Waals surface area (Å²) in [7, 11) is 0. The van der Waals surface area contributed by atoms with Crippen LogP contribution in [-0.4, -0.2) is 38.8 Å². The Hall–Kier alpha value is -2.20. The molecule has 0 aliphatic carbocycles. The van der Waals surface area contributed by atoms with Crippen molar-refractivity contribution in [3.63, 3.8) is 0 Å². The van der Waals surface area contributed by atoms with E-state index >= 15 is 0 Å². The van der Waals surface area contributed by atoms with Crippen LogP contribution in [0.15, 0.2) is 12.3 Å². The van der Waals surface area contributed by atoms with Gasteiger partial charge in [0.15, 0.2) is 11.5 Å². The van der Waals surface area contributed by atoms with Gasteiger partial charge in [-0.1, -0.05) is 0 Å². The van der Waals surface area contributed by atoms with E-state index in [0.29, 0.717) is 18.4 Å². The first kappa shape index (κ1) is 17.6. The van der Waals surface area contributed by atoms with Crippen LogP contribution in [-0.2, 0) is 10.3 Å². The second-order valence-corrected chi connectivity index (χ2v) is 7.88. The Morgan fingerprint density at radius 3 is 2.52 bits per heavy atom. The third-order valence-corrected chi connectivity index (χ3v) is 4.86. The smallest absolute Gasteiger partial charge is 0.410 e. The maximum atomic E-state index is 13.9. The molecule has 2 bridgehead atoms. The highest BCUT2D eigenvalue weighted by molar-refractivity contribution is 5.69. The third kappa shape index (κ3) is 3.31. The molecule has 1 N–H and O–H groups in total. The normalized spacial score (nSPS) is 28.6. The van der Waals surface area contributed by atoms with Gasteiger partial charge in [-0.25, -0.2) is 14.2 Å². The number of ether oxygens (including phenoxy) is 1. The molecule has 0 spiro atoms. The Morgan fingerprint density at radius 2 is 2.04 bits per heavy atom. The fraction of sp³-hybridized carbons (Fsp3) is 0.611. The van der Waals surface area contributed by atoms with E-state index in [9.17, 15) is 14.3 Å². The topological polar surface area (TPSA) is 86.4 Å².